The maximum Gasteiger partial charge on any atom is 0.411 e. The minimum absolute atomic E-state index is 0.0780. The van der Waals surface area contributed by atoms with Gasteiger partial charge in [0.25, 0.3) is 0 Å². The van der Waals surface area contributed by atoms with E-state index in [1.807, 2.05) is 24.3 Å². The molecule has 0 bridgehead atoms. The van der Waals surface area contributed by atoms with Gasteiger partial charge >= 0.3 is 6.18 Å². The van der Waals surface area contributed by atoms with Crippen LogP contribution in [0.4, 0.5) is 18.9 Å². The van der Waals surface area contributed by atoms with Gasteiger partial charge in [-0.05, 0) is 30.5 Å². The van der Waals surface area contributed by atoms with E-state index in [0.717, 1.165) is 24.1 Å². The lowest BCUT2D eigenvalue weighted by atomic mass is 10.2. The molecule has 0 heterocycles. The molecule has 1 aromatic carbocycles. The third-order valence-electron chi connectivity index (χ3n) is 3.23. The van der Waals surface area contributed by atoms with Crippen molar-refractivity contribution in [2.45, 2.75) is 31.6 Å². The van der Waals surface area contributed by atoms with Crippen molar-refractivity contribution >= 4 is 5.69 Å². The zero-order valence-electron chi connectivity index (χ0n) is 11.2. The van der Waals surface area contributed by atoms with Crippen LogP contribution in [0.15, 0.2) is 24.3 Å². The summed E-state index contributed by atoms with van der Waals surface area (Å²) in [6.07, 6.45) is -2.09. The van der Waals surface area contributed by atoms with Crippen molar-refractivity contribution < 1.29 is 17.9 Å². The first kappa shape index (κ1) is 15.1. The molecular weight excluding hydrogens is 269 g/mol. The lowest BCUT2D eigenvalue weighted by Gasteiger charge is -2.25. The van der Waals surface area contributed by atoms with E-state index in [1.54, 1.807) is 0 Å². The standard InChI is InChI=1S/C14H19F3N2O/c15-14(16,17)10-20-8-7-19(13-5-6-13)12-3-1-11(9-18)2-4-12/h1-4,13H,5-10,18H2. The molecule has 0 radical (unpaired) electrons. The molecule has 20 heavy (non-hydrogen) atoms. The van der Waals surface area contributed by atoms with Crippen LogP contribution in [0.2, 0.25) is 0 Å². The molecule has 1 aliphatic rings. The van der Waals surface area contributed by atoms with E-state index in [2.05, 4.69) is 9.64 Å². The highest BCUT2D eigenvalue weighted by atomic mass is 19.4. The molecule has 6 heteroatoms. The molecule has 3 nitrogen and oxygen atoms in total. The average Bonchev–Trinajstić information content (AvgIpc) is 3.22. The molecule has 0 aliphatic heterocycles. The quantitative estimate of drug-likeness (QED) is 0.784. The first-order valence-corrected chi connectivity index (χ1v) is 6.70. The molecule has 2 rings (SSSR count). The highest BCUT2D eigenvalue weighted by Gasteiger charge is 2.30. The Morgan fingerprint density at radius 2 is 1.85 bits per heavy atom. The fourth-order valence-electron chi connectivity index (χ4n) is 2.08. The van der Waals surface area contributed by atoms with Crippen LogP contribution in [0.1, 0.15) is 18.4 Å². The van der Waals surface area contributed by atoms with Gasteiger partial charge in [0.1, 0.15) is 6.61 Å². The summed E-state index contributed by atoms with van der Waals surface area (Å²) in [6.45, 7) is -0.145. The second kappa shape index (κ2) is 6.45. The summed E-state index contributed by atoms with van der Waals surface area (Å²) in [6, 6.07) is 8.24. The second-order valence-corrected chi connectivity index (χ2v) is 4.96. The lowest BCUT2D eigenvalue weighted by Crippen LogP contribution is -2.31. The Labute approximate surface area is 116 Å². The molecule has 0 aromatic heterocycles. The largest absolute Gasteiger partial charge is 0.411 e. The normalized spacial score (nSPS) is 15.4. The van der Waals surface area contributed by atoms with Gasteiger partial charge in [-0.25, -0.2) is 0 Å². The number of alkyl halides is 3. The van der Waals surface area contributed by atoms with Crippen molar-refractivity contribution in [3.63, 3.8) is 0 Å². The Hall–Kier alpha value is -1.27. The van der Waals surface area contributed by atoms with Gasteiger partial charge in [0, 0.05) is 24.8 Å². The van der Waals surface area contributed by atoms with E-state index < -0.39 is 12.8 Å². The molecule has 112 valence electrons. The number of ether oxygens (including phenoxy) is 1. The third-order valence-corrected chi connectivity index (χ3v) is 3.23. The number of anilines is 1. The molecule has 1 aliphatic carbocycles. The second-order valence-electron chi connectivity index (χ2n) is 4.96. The third kappa shape index (κ3) is 4.68. The van der Waals surface area contributed by atoms with Gasteiger partial charge < -0.3 is 15.4 Å². The highest BCUT2D eigenvalue weighted by molar-refractivity contribution is 5.49. The summed E-state index contributed by atoms with van der Waals surface area (Å²) >= 11 is 0. The number of nitrogens with zero attached hydrogens (tertiary/aromatic N) is 1. The van der Waals surface area contributed by atoms with Gasteiger partial charge in [0.15, 0.2) is 0 Å². The molecule has 0 amide bonds. The van der Waals surface area contributed by atoms with Crippen molar-refractivity contribution in [2.75, 3.05) is 24.7 Å². The van der Waals surface area contributed by atoms with Crippen molar-refractivity contribution in [3.8, 4) is 0 Å². The molecule has 2 N–H and O–H groups in total. The van der Waals surface area contributed by atoms with Crippen LogP contribution in [-0.2, 0) is 11.3 Å². The van der Waals surface area contributed by atoms with Gasteiger partial charge in [-0.1, -0.05) is 12.1 Å². The first-order valence-electron chi connectivity index (χ1n) is 6.70. The van der Waals surface area contributed by atoms with E-state index in [9.17, 15) is 13.2 Å². The maximum absolute atomic E-state index is 12.0. The van der Waals surface area contributed by atoms with Crippen LogP contribution in [0.3, 0.4) is 0 Å². The highest BCUT2D eigenvalue weighted by Crippen LogP contribution is 2.31. The number of hydrogen-bond acceptors (Lipinski definition) is 3. The van der Waals surface area contributed by atoms with Crippen LogP contribution >= 0.6 is 0 Å². The van der Waals surface area contributed by atoms with Gasteiger partial charge in [0.05, 0.1) is 6.61 Å². The molecule has 1 fully saturated rings. The Morgan fingerprint density at radius 1 is 1.20 bits per heavy atom. The van der Waals surface area contributed by atoms with Crippen molar-refractivity contribution in [2.24, 2.45) is 5.73 Å². The average molecular weight is 288 g/mol. The van der Waals surface area contributed by atoms with E-state index in [1.165, 1.54) is 0 Å². The predicted octanol–water partition coefficient (Wildman–Crippen LogP) is 2.69. The predicted molar refractivity (Wildman–Crippen MR) is 71.6 cm³/mol. The van der Waals surface area contributed by atoms with E-state index in [-0.39, 0.29) is 6.61 Å². The summed E-state index contributed by atoms with van der Waals surface area (Å²) in [5.74, 6) is 0. The van der Waals surface area contributed by atoms with Crippen LogP contribution in [0.5, 0.6) is 0 Å². The smallest absolute Gasteiger partial charge is 0.370 e. The molecule has 0 atom stereocenters. The summed E-state index contributed by atoms with van der Waals surface area (Å²) in [5, 5.41) is 0. The molecular formula is C14H19F3N2O. The van der Waals surface area contributed by atoms with E-state index in [0.29, 0.717) is 19.1 Å². The topological polar surface area (TPSA) is 38.5 Å². The number of halogens is 3. The van der Waals surface area contributed by atoms with Gasteiger partial charge in [-0.15, -0.1) is 0 Å². The lowest BCUT2D eigenvalue weighted by molar-refractivity contribution is -0.173. The number of rotatable bonds is 7. The van der Waals surface area contributed by atoms with Crippen LogP contribution in [0.25, 0.3) is 0 Å². The number of benzene rings is 1. The fraction of sp³-hybridized carbons (Fsp3) is 0.571. The van der Waals surface area contributed by atoms with Crippen LogP contribution in [0, 0.1) is 0 Å². The van der Waals surface area contributed by atoms with Gasteiger partial charge in [0.2, 0.25) is 0 Å². The van der Waals surface area contributed by atoms with Crippen molar-refractivity contribution in [3.05, 3.63) is 29.8 Å². The minimum Gasteiger partial charge on any atom is -0.370 e. The zero-order chi connectivity index (χ0) is 14.6. The van der Waals surface area contributed by atoms with E-state index in [4.69, 9.17) is 5.73 Å². The molecule has 1 saturated carbocycles. The summed E-state index contributed by atoms with van der Waals surface area (Å²) in [5.41, 5.74) is 7.60. The van der Waals surface area contributed by atoms with Gasteiger partial charge in [-0.2, -0.15) is 13.2 Å². The van der Waals surface area contributed by atoms with Crippen LogP contribution in [-0.4, -0.2) is 32.0 Å². The number of hydrogen-bond donors (Lipinski definition) is 1. The number of nitrogens with two attached hydrogens (primary N) is 1. The van der Waals surface area contributed by atoms with E-state index >= 15 is 0 Å². The Balaban J connectivity index is 1.87. The monoisotopic (exact) mass is 288 g/mol. The Kier molecular flexibility index (Phi) is 4.88. The molecule has 0 spiro atoms. The Morgan fingerprint density at radius 3 is 2.35 bits per heavy atom. The summed E-state index contributed by atoms with van der Waals surface area (Å²) in [7, 11) is 0. The molecule has 0 unspecified atom stereocenters. The van der Waals surface area contributed by atoms with Crippen molar-refractivity contribution in [1.29, 1.82) is 0 Å². The van der Waals surface area contributed by atoms with Crippen LogP contribution < -0.4 is 10.6 Å². The van der Waals surface area contributed by atoms with Crippen molar-refractivity contribution in [1.82, 2.24) is 0 Å². The minimum atomic E-state index is -4.26. The fourth-order valence-corrected chi connectivity index (χ4v) is 2.08. The molecule has 0 saturated heterocycles. The Bertz CT molecular complexity index is 415. The zero-order valence-corrected chi connectivity index (χ0v) is 11.2. The first-order chi connectivity index (χ1) is 9.49. The summed E-state index contributed by atoms with van der Waals surface area (Å²) in [4.78, 5) is 2.11. The van der Waals surface area contributed by atoms with Gasteiger partial charge in [-0.3, -0.25) is 0 Å². The maximum atomic E-state index is 12.0. The summed E-state index contributed by atoms with van der Waals surface area (Å²) < 4.78 is 40.7. The molecule has 1 aromatic rings. The SMILES string of the molecule is NCc1ccc(N(CCOCC(F)(F)F)C2CC2)cc1.